The summed E-state index contributed by atoms with van der Waals surface area (Å²) in [6.45, 7) is 4.12. The van der Waals surface area contributed by atoms with Crippen LogP contribution < -0.4 is 10.6 Å². The molecule has 29 heavy (non-hydrogen) atoms. The lowest BCUT2D eigenvalue weighted by Crippen LogP contribution is -2.39. The summed E-state index contributed by atoms with van der Waals surface area (Å²) >= 11 is 0. The van der Waals surface area contributed by atoms with Gasteiger partial charge in [0, 0.05) is 32.6 Å². The number of likely N-dealkylation sites (tertiary alicyclic amines) is 1. The molecule has 1 aromatic rings. The zero-order valence-corrected chi connectivity index (χ0v) is 16.6. The van der Waals surface area contributed by atoms with Crippen LogP contribution in [0.5, 0.6) is 0 Å². The van der Waals surface area contributed by atoms with Crippen molar-refractivity contribution < 1.29 is 22.4 Å². The van der Waals surface area contributed by atoms with Gasteiger partial charge in [-0.05, 0) is 43.9 Å². The van der Waals surface area contributed by atoms with Crippen molar-refractivity contribution in [1.82, 2.24) is 15.5 Å². The molecule has 0 atom stereocenters. The minimum Gasteiger partial charge on any atom is -0.357 e. The molecule has 5 nitrogen and oxygen atoms in total. The summed E-state index contributed by atoms with van der Waals surface area (Å²) in [6, 6.07) is 2.60. The van der Waals surface area contributed by atoms with Gasteiger partial charge in [-0.3, -0.25) is 4.79 Å². The van der Waals surface area contributed by atoms with Crippen molar-refractivity contribution >= 4 is 11.9 Å². The second-order valence-electron chi connectivity index (χ2n) is 6.97. The van der Waals surface area contributed by atoms with Crippen LogP contribution in [0.2, 0.25) is 0 Å². The van der Waals surface area contributed by atoms with Crippen molar-refractivity contribution in [3.63, 3.8) is 0 Å². The Labute approximate surface area is 168 Å². The first-order chi connectivity index (χ1) is 13.8. The second kappa shape index (κ2) is 11.0. The number of alkyl halides is 3. The van der Waals surface area contributed by atoms with Crippen LogP contribution in [-0.4, -0.2) is 42.9 Å². The molecule has 1 aliphatic heterocycles. The lowest BCUT2D eigenvalue weighted by molar-refractivity contribution is -0.138. The van der Waals surface area contributed by atoms with Crippen molar-refractivity contribution in [3.8, 4) is 0 Å². The molecule has 2 N–H and O–H groups in total. The fourth-order valence-corrected chi connectivity index (χ4v) is 3.21. The molecule has 2 rings (SSSR count). The Bertz CT molecular complexity index is 706. The van der Waals surface area contributed by atoms with Crippen LogP contribution in [0.25, 0.3) is 0 Å². The molecule has 0 aliphatic carbocycles. The van der Waals surface area contributed by atoms with Gasteiger partial charge in [0.15, 0.2) is 5.96 Å². The number of nitrogens with zero attached hydrogens (tertiary/aromatic N) is 2. The summed E-state index contributed by atoms with van der Waals surface area (Å²) in [4.78, 5) is 18.1. The maximum atomic E-state index is 13.2. The normalized spacial score (nSPS) is 16.0. The lowest BCUT2D eigenvalue weighted by atomic mass is 10.1. The van der Waals surface area contributed by atoms with Gasteiger partial charge in [0.2, 0.25) is 5.91 Å². The van der Waals surface area contributed by atoms with E-state index in [0.717, 1.165) is 37.9 Å². The molecule has 0 spiro atoms. The highest BCUT2D eigenvalue weighted by molar-refractivity contribution is 5.79. The Morgan fingerprint density at radius 3 is 2.72 bits per heavy atom. The van der Waals surface area contributed by atoms with Gasteiger partial charge < -0.3 is 15.5 Å². The third-order valence-corrected chi connectivity index (χ3v) is 4.70. The average molecular weight is 416 g/mol. The van der Waals surface area contributed by atoms with E-state index in [1.54, 1.807) is 0 Å². The summed E-state index contributed by atoms with van der Waals surface area (Å²) < 4.78 is 52.5. The Hall–Kier alpha value is -2.32. The minimum atomic E-state index is -4.64. The fraction of sp³-hybridized carbons (Fsp3) is 0.600. The number of amides is 1. The van der Waals surface area contributed by atoms with Crippen molar-refractivity contribution in [3.05, 3.63) is 35.1 Å². The van der Waals surface area contributed by atoms with Gasteiger partial charge in [-0.2, -0.15) is 13.2 Å². The Morgan fingerprint density at radius 2 is 2.00 bits per heavy atom. The summed E-state index contributed by atoms with van der Waals surface area (Å²) in [5.41, 5.74) is -1.11. The molecule has 1 aromatic carbocycles. The van der Waals surface area contributed by atoms with Gasteiger partial charge in [-0.15, -0.1) is 0 Å². The predicted octanol–water partition coefficient (Wildman–Crippen LogP) is 3.69. The fourth-order valence-electron chi connectivity index (χ4n) is 3.21. The number of hydrogen-bond acceptors (Lipinski definition) is 2. The molecule has 9 heteroatoms. The van der Waals surface area contributed by atoms with Crippen molar-refractivity contribution in [2.75, 3.05) is 26.2 Å². The van der Waals surface area contributed by atoms with Crippen molar-refractivity contribution in [2.45, 2.75) is 51.7 Å². The molecule has 1 aliphatic rings. The quantitative estimate of drug-likeness (QED) is 0.309. The van der Waals surface area contributed by atoms with Gasteiger partial charge in [0.05, 0.1) is 12.1 Å². The highest BCUT2D eigenvalue weighted by Crippen LogP contribution is 2.32. The van der Waals surface area contributed by atoms with Gasteiger partial charge in [0.1, 0.15) is 5.82 Å². The van der Waals surface area contributed by atoms with Gasteiger partial charge in [-0.25, -0.2) is 9.38 Å². The SMILES string of the molecule is CCNC(=NCc1ccc(F)cc1C(F)(F)F)NCCCN1CCCCCC1=O. The van der Waals surface area contributed by atoms with Crippen molar-refractivity contribution in [1.29, 1.82) is 0 Å². The van der Waals surface area contributed by atoms with E-state index in [1.807, 2.05) is 11.8 Å². The Kier molecular flexibility index (Phi) is 8.72. The van der Waals surface area contributed by atoms with E-state index < -0.39 is 17.6 Å². The Balaban J connectivity index is 1.92. The van der Waals surface area contributed by atoms with Crippen LogP contribution in [-0.2, 0) is 17.5 Å². The van der Waals surface area contributed by atoms with E-state index in [0.29, 0.717) is 44.5 Å². The summed E-state index contributed by atoms with van der Waals surface area (Å²) in [7, 11) is 0. The number of benzene rings is 1. The largest absolute Gasteiger partial charge is 0.416 e. The highest BCUT2D eigenvalue weighted by atomic mass is 19.4. The minimum absolute atomic E-state index is 0.0914. The molecule has 0 bridgehead atoms. The van der Waals surface area contributed by atoms with E-state index in [4.69, 9.17) is 0 Å². The number of nitrogens with one attached hydrogen (secondary N) is 2. The highest BCUT2D eigenvalue weighted by Gasteiger charge is 2.33. The number of carbonyl (C=O) groups excluding carboxylic acids is 1. The molecule has 1 saturated heterocycles. The molecule has 0 aromatic heterocycles. The summed E-state index contributed by atoms with van der Waals surface area (Å²) in [5, 5.41) is 6.06. The maximum Gasteiger partial charge on any atom is 0.416 e. The van der Waals surface area contributed by atoms with E-state index >= 15 is 0 Å². The van der Waals surface area contributed by atoms with Crippen LogP contribution in [0.15, 0.2) is 23.2 Å². The number of aliphatic imine (C=N–C) groups is 1. The summed E-state index contributed by atoms with van der Waals surface area (Å²) in [5.74, 6) is -0.371. The molecule has 1 fully saturated rings. The number of hydrogen-bond donors (Lipinski definition) is 2. The maximum absolute atomic E-state index is 13.2. The first kappa shape index (κ1) is 23.0. The van der Waals surface area contributed by atoms with Crippen molar-refractivity contribution in [2.24, 2.45) is 4.99 Å². The molecule has 0 saturated carbocycles. The first-order valence-electron chi connectivity index (χ1n) is 9.97. The molecular weight excluding hydrogens is 388 g/mol. The monoisotopic (exact) mass is 416 g/mol. The van der Waals surface area contributed by atoms with Crippen LogP contribution in [0.1, 0.15) is 50.2 Å². The number of guanidine groups is 1. The van der Waals surface area contributed by atoms with Gasteiger partial charge in [0.25, 0.3) is 0 Å². The number of carbonyl (C=O) groups is 1. The molecule has 0 radical (unpaired) electrons. The van der Waals surface area contributed by atoms with Gasteiger partial charge in [-0.1, -0.05) is 12.5 Å². The second-order valence-corrected chi connectivity index (χ2v) is 6.97. The molecular formula is C20H28F4N4O. The topological polar surface area (TPSA) is 56.7 Å². The lowest BCUT2D eigenvalue weighted by Gasteiger charge is -2.20. The third kappa shape index (κ3) is 7.55. The van der Waals surface area contributed by atoms with E-state index in [1.165, 1.54) is 0 Å². The summed E-state index contributed by atoms with van der Waals surface area (Å²) in [6.07, 6.45) is -0.312. The van der Waals surface area contributed by atoms with E-state index in [-0.39, 0.29) is 18.0 Å². The number of rotatable bonds is 7. The van der Waals surface area contributed by atoms with E-state index in [9.17, 15) is 22.4 Å². The zero-order valence-electron chi connectivity index (χ0n) is 16.6. The first-order valence-corrected chi connectivity index (χ1v) is 9.97. The van der Waals surface area contributed by atoms with E-state index in [2.05, 4.69) is 15.6 Å². The van der Waals surface area contributed by atoms with Gasteiger partial charge >= 0.3 is 6.18 Å². The zero-order chi connectivity index (χ0) is 21.3. The predicted molar refractivity (Wildman–Crippen MR) is 104 cm³/mol. The standard InChI is InChI=1S/C20H28F4N4O/c1-2-25-19(26-10-6-12-28-11-5-3-4-7-18(28)29)27-14-15-8-9-16(21)13-17(15)20(22,23)24/h8-9,13H,2-7,10-12,14H2,1H3,(H2,25,26,27). The molecule has 0 unspecified atom stereocenters. The van der Waals surface area contributed by atoms with Crippen LogP contribution in [0.4, 0.5) is 17.6 Å². The molecule has 1 heterocycles. The Morgan fingerprint density at radius 1 is 1.21 bits per heavy atom. The van der Waals surface area contributed by atoms with Crippen LogP contribution in [0.3, 0.4) is 0 Å². The molecule has 1 amide bonds. The molecule has 162 valence electrons. The smallest absolute Gasteiger partial charge is 0.357 e. The van der Waals surface area contributed by atoms with Crippen LogP contribution >= 0.6 is 0 Å². The van der Waals surface area contributed by atoms with Crippen LogP contribution in [0, 0.1) is 5.82 Å². The third-order valence-electron chi connectivity index (χ3n) is 4.70. The average Bonchev–Trinajstić information content (AvgIpc) is 2.87. The number of halogens is 4.